The minimum absolute atomic E-state index is 0. The first kappa shape index (κ1) is 84.5. The van der Waals surface area contributed by atoms with Crippen LogP contribution in [0.4, 0.5) is 17.1 Å². The number of carbonyl (C=O) groups excluding carboxylic acids is 2. The number of aromatic nitrogens is 4. The second kappa shape index (κ2) is 34.9. The van der Waals surface area contributed by atoms with Crippen LogP contribution < -0.4 is 39.8 Å². The zero-order valence-corrected chi connectivity index (χ0v) is 72.9. The molecule has 5 aromatic carbocycles. The van der Waals surface area contributed by atoms with Crippen molar-refractivity contribution in [3.05, 3.63) is 223 Å². The first-order valence-electron chi connectivity index (χ1n) is 39.8. The number of hydrogen-bond donors (Lipinski definition) is 5. The average molecular weight is 1670 g/mol. The quantitative estimate of drug-likeness (QED) is 0.0140. The minimum Gasteiger partial charge on any atom is -0.374 e. The molecule has 21 heteroatoms. The van der Waals surface area contributed by atoms with Gasteiger partial charge in [0.05, 0.1) is 34.2 Å². The Morgan fingerprint density at radius 1 is 0.732 bits per heavy atom. The van der Waals surface area contributed by atoms with Gasteiger partial charge in [-0.1, -0.05) is 139 Å². The van der Waals surface area contributed by atoms with Crippen molar-refractivity contribution >= 4 is 110 Å². The fourth-order valence-electron chi connectivity index (χ4n) is 18.5. The zero-order chi connectivity index (χ0) is 77.7. The van der Waals surface area contributed by atoms with Gasteiger partial charge in [0.1, 0.15) is 6.54 Å². The number of rotatable bonds is 27. The van der Waals surface area contributed by atoms with Crippen LogP contribution >= 0.6 is 11.8 Å². The first-order chi connectivity index (χ1) is 52.6. The number of allylic oxidation sites excluding steroid dienone is 7. The average Bonchev–Trinajstić information content (AvgIpc) is 1.58. The molecule has 16 nitrogen and oxygen atoms in total. The fraction of sp³-hybridized carbons (Fsp3) is 0.418. The Kier molecular flexibility index (Phi) is 26.3. The summed E-state index contributed by atoms with van der Waals surface area (Å²) in [5.41, 5.74) is 21.0. The van der Waals surface area contributed by atoms with Crippen molar-refractivity contribution in [2.24, 2.45) is 0 Å². The minimum atomic E-state index is -4.14. The molecule has 14 rings (SSSR count). The molecule has 8 bridgehead atoms. The van der Waals surface area contributed by atoms with Crippen LogP contribution in [0.15, 0.2) is 166 Å². The molecule has 6 aliphatic rings. The maximum Gasteiger partial charge on any atom is 1.00 e. The molecule has 586 valence electrons. The molecule has 0 fully saturated rings. The summed E-state index contributed by atoms with van der Waals surface area (Å²) in [6.45, 7) is 26.1. The van der Waals surface area contributed by atoms with E-state index in [1.54, 1.807) is 11.8 Å². The maximum absolute atomic E-state index is 14.6. The van der Waals surface area contributed by atoms with E-state index in [4.69, 9.17) is 14.7 Å². The van der Waals surface area contributed by atoms with E-state index in [0.29, 0.717) is 63.1 Å². The summed E-state index contributed by atoms with van der Waals surface area (Å²) in [6.07, 6.45) is 19.5. The molecule has 5 atom stereocenters. The van der Waals surface area contributed by atoms with Crippen LogP contribution in [0.2, 0.25) is 0 Å². The molecule has 4 aliphatic heterocycles. The summed E-state index contributed by atoms with van der Waals surface area (Å²) in [5, 5.41) is 7.88. The number of nitrogens with one attached hydrogen (secondary N) is 3. The number of thioether (sulfide) groups is 1. The number of H-pyrrole nitrogens is 2. The van der Waals surface area contributed by atoms with Crippen LogP contribution in [0, 0.1) is 13.8 Å². The van der Waals surface area contributed by atoms with Crippen molar-refractivity contribution in [3.63, 3.8) is 0 Å². The van der Waals surface area contributed by atoms with Crippen molar-refractivity contribution in [1.29, 1.82) is 0 Å². The Morgan fingerprint density at radius 3 is 2.09 bits per heavy atom. The third-order valence-electron chi connectivity index (χ3n) is 24.3. The molecule has 2 aliphatic carbocycles. The van der Waals surface area contributed by atoms with Gasteiger partial charge in [-0.2, -0.15) is 21.4 Å². The number of ketones is 1. The SMILES string of the molecule is CCCCCCOC(C)c1c(C)c2cc3nc(c4c5[nH]c(cc6nc(cc1[nH]2)C(C)C6CC)c(C)c5C(=O)C4)C(CCC(=O)Nc1ccc(SC2=C(/C=C/C4=[N+](CCCCS(=O)(=O)O)c5ccc6ccccc6c5C4(C)C)CCC/C2=C\C=C2\N(CCCCS(=O)(=O)O)c4ccc5ccccc5c4C2(C)C)cc1)C3C.[Na+].[Pd]. The Hall–Kier alpha value is -6.90. The number of benzene rings is 5. The van der Waals surface area contributed by atoms with Gasteiger partial charge in [-0.15, -0.1) is 0 Å². The summed E-state index contributed by atoms with van der Waals surface area (Å²) in [4.78, 5) is 51.9. The number of unbranched alkanes of at least 4 members (excludes halogenated alkanes) is 5. The van der Waals surface area contributed by atoms with Crippen LogP contribution in [0.1, 0.15) is 248 Å². The number of aromatic amines is 2. The maximum atomic E-state index is 14.6. The van der Waals surface area contributed by atoms with E-state index < -0.39 is 31.1 Å². The van der Waals surface area contributed by atoms with Gasteiger partial charge < -0.3 is 24.9 Å². The summed E-state index contributed by atoms with van der Waals surface area (Å²) in [5.74, 6) is -0.580. The normalized spacial score (nSPS) is 19.5. The van der Waals surface area contributed by atoms with Crippen LogP contribution in [-0.4, -0.2) is 99.1 Å². The Labute approximate surface area is 701 Å². The Balaban J connectivity index is 0.00000582. The van der Waals surface area contributed by atoms with Crippen molar-refractivity contribution in [2.75, 3.05) is 41.4 Å². The molecule has 3 aromatic heterocycles. The number of carbonyl (C=O) groups is 2. The number of ether oxygens (including phenoxy) is 1. The van der Waals surface area contributed by atoms with Crippen molar-refractivity contribution in [1.82, 2.24) is 19.9 Å². The standard InChI is InChI=1S/C91H105N7O9S3.Na.Pd/c1-12-14-15-22-48-107-59(7)83-57(5)73-52-72-56(4)67(87(95-72)70-51-79(99)84-58(6)74(96-88(70)84)53-75-66(13-2)55(3)71(93-75)54-76(83)94-73)40-45-82(100)92-64-36-38-65(39-37-64)108-89-62(34-43-80-90(8,9)85-68-30-18-16-26-60(68)32-41-77(85)97(80)46-20-23-49-109(101,102)103)28-25-29-63(89)35-44-81-91(10,11)86-69-31-19-17-27-61(69)33-42-78(86)98(81)47-21-24-50-110(104,105)106;;/h16-19,26-27,30-39,41-44,52-56,59,66-67H,12-15,20-25,28-29,40,45-51H2,1-11H3,(H4-,92,93,94,95,96,99,100,101,102,103,104,105,106);;/q;+1;/p+1. The monoisotopic (exact) mass is 1670 g/mol. The molecule has 0 saturated carbocycles. The van der Waals surface area contributed by atoms with E-state index in [9.17, 15) is 35.5 Å². The van der Waals surface area contributed by atoms with Gasteiger partial charge in [0.25, 0.3) is 20.2 Å². The van der Waals surface area contributed by atoms with Gasteiger partial charge >= 0.3 is 29.6 Å². The summed E-state index contributed by atoms with van der Waals surface area (Å²) < 4.78 is 76.4. The van der Waals surface area contributed by atoms with Gasteiger partial charge in [0, 0.05) is 177 Å². The van der Waals surface area contributed by atoms with Crippen LogP contribution in [0.3, 0.4) is 0 Å². The van der Waals surface area contributed by atoms with E-state index in [1.807, 2.05) is 19.1 Å². The van der Waals surface area contributed by atoms with Gasteiger partial charge in [-0.25, -0.2) is 0 Å². The van der Waals surface area contributed by atoms with E-state index in [0.717, 1.165) is 166 Å². The number of hydrogen-bond acceptors (Lipinski definition) is 11. The van der Waals surface area contributed by atoms with E-state index in [2.05, 4.69) is 221 Å². The first-order valence-corrected chi connectivity index (χ1v) is 43.8. The number of Topliss-reactive ketones (excluding diaryl/α,β-unsaturated/α-hetero) is 1. The summed E-state index contributed by atoms with van der Waals surface area (Å²) >= 11 is 1.70. The number of aryl methyl sites for hydroxylation is 2. The molecule has 1 amide bonds. The molecule has 7 heterocycles. The Bertz CT molecular complexity index is 5580. The molecule has 5 unspecified atom stereocenters. The van der Waals surface area contributed by atoms with Gasteiger partial charge in [-0.3, -0.25) is 28.7 Å². The third kappa shape index (κ3) is 17.3. The predicted molar refractivity (Wildman–Crippen MR) is 448 cm³/mol. The Morgan fingerprint density at radius 2 is 1.38 bits per heavy atom. The summed E-state index contributed by atoms with van der Waals surface area (Å²) in [6, 6.07) is 40.3. The molecule has 112 heavy (non-hydrogen) atoms. The van der Waals surface area contributed by atoms with Crippen LogP contribution in [-0.2, 0) is 67.4 Å². The van der Waals surface area contributed by atoms with Gasteiger partial charge in [0.2, 0.25) is 11.6 Å². The summed E-state index contributed by atoms with van der Waals surface area (Å²) in [7, 11) is -8.27. The zero-order valence-electron chi connectivity index (χ0n) is 66.9. The molecular weight excluding hydrogens is 1560 g/mol. The largest absolute Gasteiger partial charge is 1.00 e. The smallest absolute Gasteiger partial charge is 0.374 e. The topological polar surface area (TPSA) is 228 Å². The van der Waals surface area contributed by atoms with Gasteiger partial charge in [0.15, 0.2) is 11.5 Å². The number of amides is 1. The third-order valence-corrected chi connectivity index (χ3v) is 27.2. The van der Waals surface area contributed by atoms with E-state index >= 15 is 0 Å². The van der Waals surface area contributed by atoms with Crippen molar-refractivity contribution in [2.45, 2.75) is 218 Å². The van der Waals surface area contributed by atoms with Gasteiger partial charge in [-0.05, 0) is 202 Å². The molecule has 8 aromatic rings. The van der Waals surface area contributed by atoms with E-state index in [1.165, 1.54) is 28.7 Å². The molecule has 0 spiro atoms. The predicted octanol–water partition coefficient (Wildman–Crippen LogP) is 18.3. The molecular formula is C91H106N7NaO9PdS3+2. The number of nitrogens with zero attached hydrogens (tertiary/aromatic N) is 4. The van der Waals surface area contributed by atoms with E-state index in [-0.39, 0.29) is 116 Å². The number of fused-ring (bicyclic) bond motifs is 14. The molecule has 5 N–H and O–H groups in total. The second-order valence-electron chi connectivity index (χ2n) is 32.4. The fourth-order valence-corrected chi connectivity index (χ4v) is 20.8. The van der Waals surface area contributed by atoms with Crippen LogP contribution in [0.5, 0.6) is 0 Å². The van der Waals surface area contributed by atoms with Crippen molar-refractivity contribution < 1.29 is 94.8 Å². The van der Waals surface area contributed by atoms with Crippen LogP contribution in [0.25, 0.3) is 43.6 Å². The molecule has 0 radical (unpaired) electrons. The molecule has 0 saturated heterocycles. The van der Waals surface area contributed by atoms with Crippen molar-refractivity contribution in [3.8, 4) is 0 Å². The number of anilines is 2. The second-order valence-corrected chi connectivity index (χ2v) is 36.6.